The number of thiazole rings is 1. The fraction of sp³-hybridized carbons (Fsp3) is 0.154. The molecule has 0 unspecified atom stereocenters. The monoisotopic (exact) mass is 288 g/mol. The molecule has 2 rings (SSSR count). The second-order valence-corrected chi connectivity index (χ2v) is 4.68. The summed E-state index contributed by atoms with van der Waals surface area (Å²) >= 11 is 1.11. The van der Waals surface area contributed by atoms with Gasteiger partial charge in [-0.25, -0.2) is 9.78 Å². The molecule has 0 saturated carbocycles. The van der Waals surface area contributed by atoms with Gasteiger partial charge in [0.2, 0.25) is 0 Å². The number of amides is 2. The molecule has 0 atom stereocenters. The number of benzene rings is 1. The molecule has 102 valence electrons. The lowest BCUT2D eigenvalue weighted by Crippen LogP contribution is -2.19. The fourth-order valence-electron chi connectivity index (χ4n) is 1.49. The zero-order valence-electron chi connectivity index (χ0n) is 10.7. The molecule has 0 spiro atoms. The van der Waals surface area contributed by atoms with E-state index in [-0.39, 0.29) is 0 Å². The number of nitrogens with zero attached hydrogens (tertiary/aromatic N) is 2. The molecule has 1 heterocycles. The van der Waals surface area contributed by atoms with Gasteiger partial charge in [-0.15, -0.1) is 0 Å². The van der Waals surface area contributed by atoms with E-state index in [9.17, 15) is 4.79 Å². The second-order valence-electron chi connectivity index (χ2n) is 3.65. The van der Waals surface area contributed by atoms with E-state index in [0.29, 0.717) is 28.1 Å². The molecule has 2 aromatic rings. The standard InChI is InChI=1S/C13H12N4O2S/c1-2-19-11-6-4-3-5-10(11)16-12(18)17-13-15-8-9(7-14)20-13/h3-6,8H,2H2,1H3,(H2,15,16,17,18). The van der Waals surface area contributed by atoms with Crippen molar-refractivity contribution in [2.24, 2.45) is 0 Å². The van der Waals surface area contributed by atoms with Crippen molar-refractivity contribution in [1.29, 1.82) is 5.26 Å². The van der Waals surface area contributed by atoms with Gasteiger partial charge in [0.05, 0.1) is 18.5 Å². The Morgan fingerprint density at radius 2 is 2.25 bits per heavy atom. The van der Waals surface area contributed by atoms with Gasteiger partial charge < -0.3 is 10.1 Å². The van der Waals surface area contributed by atoms with Gasteiger partial charge in [-0.3, -0.25) is 5.32 Å². The first kappa shape index (κ1) is 13.8. The predicted octanol–water partition coefficient (Wildman–Crippen LogP) is 3.06. The number of para-hydroxylation sites is 2. The molecule has 6 nitrogen and oxygen atoms in total. The quantitative estimate of drug-likeness (QED) is 0.905. The third-order valence-electron chi connectivity index (χ3n) is 2.27. The number of urea groups is 1. The molecule has 2 N–H and O–H groups in total. The first-order chi connectivity index (χ1) is 9.72. The number of carbonyl (C=O) groups is 1. The van der Waals surface area contributed by atoms with E-state index in [4.69, 9.17) is 10.00 Å². The molecule has 0 aliphatic rings. The third kappa shape index (κ3) is 3.46. The molecule has 2 amide bonds. The van der Waals surface area contributed by atoms with Crippen molar-refractivity contribution in [1.82, 2.24) is 4.98 Å². The number of carbonyl (C=O) groups excluding carboxylic acids is 1. The van der Waals surface area contributed by atoms with E-state index in [0.717, 1.165) is 11.3 Å². The van der Waals surface area contributed by atoms with Crippen LogP contribution in [0.3, 0.4) is 0 Å². The highest BCUT2D eigenvalue weighted by molar-refractivity contribution is 7.16. The third-order valence-corrected chi connectivity index (χ3v) is 3.09. The average molecular weight is 288 g/mol. The summed E-state index contributed by atoms with van der Waals surface area (Å²) < 4.78 is 5.41. The van der Waals surface area contributed by atoms with E-state index >= 15 is 0 Å². The Morgan fingerprint density at radius 3 is 2.95 bits per heavy atom. The minimum atomic E-state index is -0.434. The van der Waals surface area contributed by atoms with Gasteiger partial charge in [-0.2, -0.15) is 5.26 Å². The normalized spacial score (nSPS) is 9.60. The first-order valence-corrected chi connectivity index (χ1v) is 6.70. The van der Waals surface area contributed by atoms with E-state index in [1.165, 1.54) is 6.20 Å². The maximum atomic E-state index is 11.8. The minimum Gasteiger partial charge on any atom is -0.492 e. The maximum absolute atomic E-state index is 11.8. The molecule has 0 radical (unpaired) electrons. The van der Waals surface area contributed by atoms with E-state index in [1.807, 2.05) is 19.1 Å². The lowest BCUT2D eigenvalue weighted by atomic mass is 10.3. The van der Waals surface area contributed by atoms with Crippen LogP contribution < -0.4 is 15.4 Å². The Balaban J connectivity index is 2.03. The molecule has 20 heavy (non-hydrogen) atoms. The van der Waals surface area contributed by atoms with Crippen LogP contribution in [0.1, 0.15) is 11.8 Å². The van der Waals surface area contributed by atoms with Crippen LogP contribution >= 0.6 is 11.3 Å². The molecule has 0 saturated heterocycles. The maximum Gasteiger partial charge on any atom is 0.325 e. The van der Waals surface area contributed by atoms with Gasteiger partial charge in [0, 0.05) is 0 Å². The van der Waals surface area contributed by atoms with E-state index < -0.39 is 6.03 Å². The summed E-state index contributed by atoms with van der Waals surface area (Å²) in [5.41, 5.74) is 0.573. The summed E-state index contributed by atoms with van der Waals surface area (Å²) in [6.07, 6.45) is 1.41. The lowest BCUT2D eigenvalue weighted by Gasteiger charge is -2.10. The summed E-state index contributed by atoms with van der Waals surface area (Å²) in [6, 6.07) is 8.67. The number of rotatable bonds is 4. The molecule has 1 aromatic carbocycles. The highest BCUT2D eigenvalue weighted by Crippen LogP contribution is 2.24. The summed E-state index contributed by atoms with van der Waals surface area (Å²) in [7, 11) is 0. The molecule has 7 heteroatoms. The molecular weight excluding hydrogens is 276 g/mol. The highest BCUT2D eigenvalue weighted by atomic mass is 32.1. The molecule has 0 aliphatic heterocycles. The first-order valence-electron chi connectivity index (χ1n) is 5.88. The molecule has 0 fully saturated rings. The molecule has 0 bridgehead atoms. The average Bonchev–Trinajstić information content (AvgIpc) is 2.89. The van der Waals surface area contributed by atoms with Crippen molar-refractivity contribution in [2.75, 3.05) is 17.2 Å². The van der Waals surface area contributed by atoms with Crippen molar-refractivity contribution in [3.05, 3.63) is 35.3 Å². The Bertz CT molecular complexity index is 648. The van der Waals surface area contributed by atoms with Gasteiger partial charge in [0.1, 0.15) is 16.7 Å². The van der Waals surface area contributed by atoms with Crippen molar-refractivity contribution in [3.8, 4) is 11.8 Å². The van der Waals surface area contributed by atoms with Crippen molar-refractivity contribution in [2.45, 2.75) is 6.92 Å². The largest absolute Gasteiger partial charge is 0.492 e. The zero-order chi connectivity index (χ0) is 14.4. The van der Waals surface area contributed by atoms with Gasteiger partial charge >= 0.3 is 6.03 Å². The fourth-order valence-corrected chi connectivity index (χ4v) is 2.09. The summed E-state index contributed by atoms with van der Waals surface area (Å²) in [5.74, 6) is 0.599. The Hall–Kier alpha value is -2.59. The van der Waals surface area contributed by atoms with Gasteiger partial charge in [0.15, 0.2) is 5.13 Å². The topological polar surface area (TPSA) is 87.0 Å². The summed E-state index contributed by atoms with van der Waals surface area (Å²) in [6.45, 7) is 2.38. The number of nitrogens with one attached hydrogen (secondary N) is 2. The van der Waals surface area contributed by atoms with Gasteiger partial charge in [0.25, 0.3) is 0 Å². The molecule has 1 aromatic heterocycles. The minimum absolute atomic E-state index is 0.368. The van der Waals surface area contributed by atoms with Crippen LogP contribution in [0.2, 0.25) is 0 Å². The highest BCUT2D eigenvalue weighted by Gasteiger charge is 2.09. The van der Waals surface area contributed by atoms with E-state index in [1.54, 1.807) is 18.2 Å². The van der Waals surface area contributed by atoms with Crippen LogP contribution in [0.5, 0.6) is 5.75 Å². The van der Waals surface area contributed by atoms with Crippen LogP contribution in [-0.4, -0.2) is 17.6 Å². The van der Waals surface area contributed by atoms with Crippen molar-refractivity contribution in [3.63, 3.8) is 0 Å². The second kappa shape index (κ2) is 6.54. The number of aromatic nitrogens is 1. The van der Waals surface area contributed by atoms with Crippen LogP contribution in [-0.2, 0) is 0 Å². The number of ether oxygens (including phenoxy) is 1. The van der Waals surface area contributed by atoms with Gasteiger partial charge in [-0.1, -0.05) is 23.5 Å². The van der Waals surface area contributed by atoms with Crippen molar-refractivity contribution >= 4 is 28.2 Å². The Kier molecular flexibility index (Phi) is 4.52. The van der Waals surface area contributed by atoms with E-state index in [2.05, 4.69) is 15.6 Å². The van der Waals surface area contributed by atoms with Crippen molar-refractivity contribution < 1.29 is 9.53 Å². The van der Waals surface area contributed by atoms with Crippen LogP contribution in [0, 0.1) is 11.3 Å². The summed E-state index contributed by atoms with van der Waals surface area (Å²) in [5, 5.41) is 14.3. The smallest absolute Gasteiger partial charge is 0.325 e. The van der Waals surface area contributed by atoms with Crippen LogP contribution in [0.15, 0.2) is 30.5 Å². The lowest BCUT2D eigenvalue weighted by molar-refractivity contribution is 0.262. The van der Waals surface area contributed by atoms with Crippen LogP contribution in [0.25, 0.3) is 0 Å². The number of hydrogen-bond acceptors (Lipinski definition) is 5. The predicted molar refractivity (Wildman–Crippen MR) is 77.1 cm³/mol. The van der Waals surface area contributed by atoms with Crippen LogP contribution in [0.4, 0.5) is 15.6 Å². The molecule has 0 aliphatic carbocycles. The number of nitriles is 1. The number of hydrogen-bond donors (Lipinski definition) is 2. The summed E-state index contributed by atoms with van der Waals surface area (Å²) in [4.78, 5) is 16.2. The Labute approximate surface area is 120 Å². The molecular formula is C13H12N4O2S. The van der Waals surface area contributed by atoms with Gasteiger partial charge in [-0.05, 0) is 19.1 Å². The number of anilines is 2. The Morgan fingerprint density at radius 1 is 1.45 bits per heavy atom. The SMILES string of the molecule is CCOc1ccccc1NC(=O)Nc1ncc(C#N)s1. The zero-order valence-corrected chi connectivity index (χ0v) is 11.5.